The summed E-state index contributed by atoms with van der Waals surface area (Å²) in [6.45, 7) is 1.66. The molecule has 2 atom stereocenters. The van der Waals surface area contributed by atoms with E-state index in [0.717, 1.165) is 31.6 Å². The molecule has 0 spiro atoms. The van der Waals surface area contributed by atoms with E-state index in [0.29, 0.717) is 5.92 Å². The Morgan fingerprint density at radius 2 is 2.05 bits per heavy atom. The van der Waals surface area contributed by atoms with Gasteiger partial charge in [-0.05, 0) is 43.5 Å². The minimum atomic E-state index is -2.78. The highest BCUT2D eigenvalue weighted by molar-refractivity contribution is 5.27. The number of halogens is 2. The molecule has 1 aromatic rings. The maximum Gasteiger partial charge on any atom is 0.387 e. The standard InChI is InChI=1S/C14H19F2NO2/c1-10(18)12-6-7-17(9-12)8-11-2-4-13(5-3-11)19-14(15)16/h2-5,10,12,14,18H,6-9H2,1H3. The van der Waals surface area contributed by atoms with E-state index >= 15 is 0 Å². The molecule has 1 aliphatic rings. The summed E-state index contributed by atoms with van der Waals surface area (Å²) in [6, 6.07) is 6.72. The van der Waals surface area contributed by atoms with Crippen LogP contribution < -0.4 is 4.74 Å². The van der Waals surface area contributed by atoms with Crippen LogP contribution in [0.5, 0.6) is 5.75 Å². The highest BCUT2D eigenvalue weighted by Crippen LogP contribution is 2.22. The Hall–Kier alpha value is -1.20. The first-order chi connectivity index (χ1) is 9.04. The molecule has 1 aliphatic heterocycles. The maximum atomic E-state index is 12.0. The molecule has 0 aromatic heterocycles. The summed E-state index contributed by atoms with van der Waals surface area (Å²) in [7, 11) is 0. The molecule has 1 aromatic carbocycles. The van der Waals surface area contributed by atoms with Gasteiger partial charge in [-0.3, -0.25) is 4.90 Å². The van der Waals surface area contributed by atoms with Gasteiger partial charge in [0.1, 0.15) is 5.75 Å². The normalized spacial score (nSPS) is 21.8. The van der Waals surface area contributed by atoms with Gasteiger partial charge >= 0.3 is 6.61 Å². The zero-order valence-corrected chi connectivity index (χ0v) is 10.9. The summed E-state index contributed by atoms with van der Waals surface area (Å²) < 4.78 is 28.3. The zero-order chi connectivity index (χ0) is 13.8. The van der Waals surface area contributed by atoms with Crippen molar-refractivity contribution in [1.29, 1.82) is 0 Å². The molecule has 1 fully saturated rings. The Balaban J connectivity index is 1.86. The predicted molar refractivity (Wildman–Crippen MR) is 68.1 cm³/mol. The highest BCUT2D eigenvalue weighted by atomic mass is 19.3. The number of ether oxygens (including phenoxy) is 1. The molecule has 0 amide bonds. The van der Waals surface area contributed by atoms with Crippen LogP contribution >= 0.6 is 0 Å². The third kappa shape index (κ3) is 4.14. The summed E-state index contributed by atoms with van der Waals surface area (Å²) in [5.41, 5.74) is 1.06. The van der Waals surface area contributed by atoms with Crippen LogP contribution in [-0.2, 0) is 6.54 Å². The monoisotopic (exact) mass is 271 g/mol. The Morgan fingerprint density at radius 1 is 1.37 bits per heavy atom. The SMILES string of the molecule is CC(O)C1CCN(Cc2ccc(OC(F)F)cc2)C1. The molecule has 2 rings (SSSR count). The number of aliphatic hydroxyl groups is 1. The van der Waals surface area contributed by atoms with Gasteiger partial charge in [0.25, 0.3) is 0 Å². The van der Waals surface area contributed by atoms with Crippen molar-refractivity contribution in [3.8, 4) is 5.75 Å². The quantitative estimate of drug-likeness (QED) is 0.893. The third-order valence-corrected chi connectivity index (χ3v) is 3.55. The summed E-state index contributed by atoms with van der Waals surface area (Å²) in [5, 5.41) is 9.54. The van der Waals surface area contributed by atoms with E-state index in [1.807, 2.05) is 6.92 Å². The molecular weight excluding hydrogens is 252 g/mol. The minimum Gasteiger partial charge on any atom is -0.435 e. The van der Waals surface area contributed by atoms with Crippen LogP contribution in [0.15, 0.2) is 24.3 Å². The van der Waals surface area contributed by atoms with E-state index < -0.39 is 6.61 Å². The second kappa shape index (κ2) is 6.30. The van der Waals surface area contributed by atoms with Gasteiger partial charge in [0.15, 0.2) is 0 Å². The Morgan fingerprint density at radius 3 is 2.58 bits per heavy atom. The Labute approximate surface area is 111 Å². The summed E-state index contributed by atoms with van der Waals surface area (Å²) in [5.74, 6) is 0.517. The first-order valence-corrected chi connectivity index (χ1v) is 6.49. The van der Waals surface area contributed by atoms with Crippen molar-refractivity contribution in [1.82, 2.24) is 4.90 Å². The van der Waals surface area contributed by atoms with Gasteiger partial charge in [-0.25, -0.2) is 0 Å². The molecule has 5 heteroatoms. The first kappa shape index (κ1) is 14.2. The molecule has 2 unspecified atom stereocenters. The molecule has 0 bridgehead atoms. The zero-order valence-electron chi connectivity index (χ0n) is 10.9. The second-order valence-electron chi connectivity index (χ2n) is 5.05. The molecule has 19 heavy (non-hydrogen) atoms. The molecule has 0 saturated carbocycles. The van der Waals surface area contributed by atoms with E-state index in [9.17, 15) is 13.9 Å². The van der Waals surface area contributed by atoms with Crippen LogP contribution in [0, 0.1) is 5.92 Å². The van der Waals surface area contributed by atoms with Crippen molar-refractivity contribution < 1.29 is 18.6 Å². The summed E-state index contributed by atoms with van der Waals surface area (Å²) in [4.78, 5) is 2.26. The molecular formula is C14H19F2NO2. The lowest BCUT2D eigenvalue weighted by Crippen LogP contribution is -2.23. The van der Waals surface area contributed by atoms with E-state index in [2.05, 4.69) is 9.64 Å². The van der Waals surface area contributed by atoms with Gasteiger partial charge in [0.2, 0.25) is 0 Å². The van der Waals surface area contributed by atoms with Crippen molar-refractivity contribution in [3.63, 3.8) is 0 Å². The molecule has 0 aliphatic carbocycles. The van der Waals surface area contributed by atoms with E-state index in [1.165, 1.54) is 0 Å². The van der Waals surface area contributed by atoms with Crippen LogP contribution in [0.25, 0.3) is 0 Å². The number of likely N-dealkylation sites (tertiary alicyclic amines) is 1. The van der Waals surface area contributed by atoms with Crippen molar-refractivity contribution in [2.24, 2.45) is 5.92 Å². The van der Waals surface area contributed by atoms with Gasteiger partial charge in [0.05, 0.1) is 6.10 Å². The number of nitrogens with zero attached hydrogens (tertiary/aromatic N) is 1. The van der Waals surface area contributed by atoms with E-state index in [1.54, 1.807) is 24.3 Å². The number of rotatable bonds is 5. The van der Waals surface area contributed by atoms with Gasteiger partial charge in [-0.1, -0.05) is 12.1 Å². The average molecular weight is 271 g/mol. The van der Waals surface area contributed by atoms with Crippen LogP contribution in [0.2, 0.25) is 0 Å². The van der Waals surface area contributed by atoms with Gasteiger partial charge in [0, 0.05) is 13.1 Å². The number of hydrogen-bond donors (Lipinski definition) is 1. The molecule has 106 valence electrons. The van der Waals surface area contributed by atoms with Gasteiger partial charge in [-0.15, -0.1) is 0 Å². The largest absolute Gasteiger partial charge is 0.435 e. The molecule has 3 nitrogen and oxygen atoms in total. The fraction of sp³-hybridized carbons (Fsp3) is 0.571. The maximum absolute atomic E-state index is 12.0. The second-order valence-corrected chi connectivity index (χ2v) is 5.05. The lowest BCUT2D eigenvalue weighted by atomic mass is 10.0. The summed E-state index contributed by atoms with van der Waals surface area (Å²) >= 11 is 0. The highest BCUT2D eigenvalue weighted by Gasteiger charge is 2.25. The third-order valence-electron chi connectivity index (χ3n) is 3.55. The van der Waals surface area contributed by atoms with Crippen LogP contribution in [-0.4, -0.2) is 35.8 Å². The topological polar surface area (TPSA) is 32.7 Å². The van der Waals surface area contributed by atoms with Crippen LogP contribution in [0.1, 0.15) is 18.9 Å². The minimum absolute atomic E-state index is 0.182. The van der Waals surface area contributed by atoms with Crippen molar-refractivity contribution in [2.45, 2.75) is 32.6 Å². The Bertz CT molecular complexity index is 395. The smallest absolute Gasteiger partial charge is 0.387 e. The first-order valence-electron chi connectivity index (χ1n) is 6.49. The number of hydrogen-bond acceptors (Lipinski definition) is 3. The van der Waals surface area contributed by atoms with Crippen molar-refractivity contribution in [2.75, 3.05) is 13.1 Å². The fourth-order valence-electron chi connectivity index (χ4n) is 2.43. The predicted octanol–water partition coefficient (Wildman–Crippen LogP) is 2.49. The summed E-state index contributed by atoms with van der Waals surface area (Å²) in [6.07, 6.45) is 0.733. The van der Waals surface area contributed by atoms with Crippen molar-refractivity contribution in [3.05, 3.63) is 29.8 Å². The van der Waals surface area contributed by atoms with Gasteiger partial charge in [-0.2, -0.15) is 8.78 Å². The van der Waals surface area contributed by atoms with Crippen molar-refractivity contribution >= 4 is 0 Å². The fourth-order valence-corrected chi connectivity index (χ4v) is 2.43. The van der Waals surface area contributed by atoms with Crippen LogP contribution in [0.3, 0.4) is 0 Å². The number of benzene rings is 1. The van der Waals surface area contributed by atoms with Crippen LogP contribution in [0.4, 0.5) is 8.78 Å². The lowest BCUT2D eigenvalue weighted by Gasteiger charge is -2.17. The Kier molecular flexibility index (Phi) is 4.71. The van der Waals surface area contributed by atoms with E-state index in [4.69, 9.17) is 0 Å². The number of alkyl halides is 2. The molecule has 1 saturated heterocycles. The molecule has 0 radical (unpaired) electrons. The average Bonchev–Trinajstić information content (AvgIpc) is 2.80. The number of aliphatic hydroxyl groups excluding tert-OH is 1. The lowest BCUT2D eigenvalue weighted by molar-refractivity contribution is -0.0498. The molecule has 1 N–H and O–H groups in total. The van der Waals surface area contributed by atoms with Gasteiger partial charge < -0.3 is 9.84 Å². The van der Waals surface area contributed by atoms with E-state index in [-0.39, 0.29) is 11.9 Å². The molecule has 1 heterocycles.